The quantitative estimate of drug-likeness (QED) is 0.530. The fraction of sp³-hybridized carbons (Fsp3) is 0.857. The van der Waals surface area contributed by atoms with Gasteiger partial charge in [0, 0.05) is 6.61 Å². The minimum absolute atomic E-state index is 0.486. The zero-order valence-electron chi connectivity index (χ0n) is 5.39. The summed E-state index contributed by atoms with van der Waals surface area (Å²) in [6.45, 7) is 3.13. The third-order valence-electron chi connectivity index (χ3n) is 1.46. The lowest BCUT2D eigenvalue weighted by Gasteiger charge is -2.03. The second kappa shape index (κ2) is 3.08. The molecule has 1 fully saturated rings. The van der Waals surface area contributed by atoms with Crippen LogP contribution in [0.15, 0.2) is 0 Å². The van der Waals surface area contributed by atoms with Gasteiger partial charge in [-0.25, -0.2) is 0 Å². The highest BCUT2D eigenvalue weighted by Gasteiger charge is 2.13. The van der Waals surface area contributed by atoms with E-state index in [9.17, 15) is 0 Å². The first-order valence-corrected chi connectivity index (χ1v) is 3.38. The third-order valence-corrected chi connectivity index (χ3v) is 1.46. The van der Waals surface area contributed by atoms with Crippen molar-refractivity contribution in [1.29, 1.82) is 0 Å². The van der Waals surface area contributed by atoms with Gasteiger partial charge in [0.1, 0.15) is 0 Å². The molecule has 0 N–H and O–H groups in total. The molecule has 0 aromatic rings. The van der Waals surface area contributed by atoms with E-state index in [1.54, 1.807) is 0 Å². The van der Waals surface area contributed by atoms with E-state index in [-0.39, 0.29) is 0 Å². The summed E-state index contributed by atoms with van der Waals surface area (Å²) in [7, 11) is 0. The van der Waals surface area contributed by atoms with E-state index >= 15 is 0 Å². The van der Waals surface area contributed by atoms with Crippen LogP contribution in [0.25, 0.3) is 0 Å². The first-order valence-electron chi connectivity index (χ1n) is 3.38. The van der Waals surface area contributed by atoms with Gasteiger partial charge in [0.15, 0.2) is 0 Å². The van der Waals surface area contributed by atoms with Crippen LogP contribution in [0.1, 0.15) is 26.2 Å². The number of ether oxygens (including phenoxy) is 1. The minimum Gasteiger partial charge on any atom is -0.378 e. The Labute approximate surface area is 51.0 Å². The summed E-state index contributed by atoms with van der Waals surface area (Å²) in [5.74, 6) is 0. The Hall–Kier alpha value is -0.0400. The van der Waals surface area contributed by atoms with Crippen molar-refractivity contribution < 1.29 is 4.74 Å². The van der Waals surface area contributed by atoms with E-state index in [4.69, 9.17) is 4.74 Å². The Balaban J connectivity index is 2.06. The van der Waals surface area contributed by atoms with Crippen molar-refractivity contribution in [3.63, 3.8) is 0 Å². The van der Waals surface area contributed by atoms with E-state index < -0.39 is 0 Å². The zero-order chi connectivity index (χ0) is 5.82. The van der Waals surface area contributed by atoms with Gasteiger partial charge in [0.2, 0.25) is 0 Å². The molecule has 47 valence electrons. The van der Waals surface area contributed by atoms with E-state index in [2.05, 4.69) is 13.3 Å². The van der Waals surface area contributed by atoms with Crippen LogP contribution in [-0.2, 0) is 4.74 Å². The third kappa shape index (κ3) is 1.48. The molecule has 1 nitrogen and oxygen atoms in total. The molecule has 0 aromatic carbocycles. The van der Waals surface area contributed by atoms with Gasteiger partial charge < -0.3 is 4.74 Å². The highest BCUT2D eigenvalue weighted by molar-refractivity contribution is 4.78. The fourth-order valence-electron chi connectivity index (χ4n) is 1.05. The normalized spacial score (nSPS) is 28.9. The number of hydrogen-bond donors (Lipinski definition) is 0. The Bertz CT molecular complexity index is 55.4. The average molecular weight is 113 g/mol. The predicted molar refractivity (Wildman–Crippen MR) is 33.6 cm³/mol. The van der Waals surface area contributed by atoms with Crippen molar-refractivity contribution in [2.75, 3.05) is 6.61 Å². The molecule has 0 amide bonds. The summed E-state index contributed by atoms with van der Waals surface area (Å²) in [6.07, 6.45) is 6.37. The molecule has 0 bridgehead atoms. The molecule has 1 rings (SSSR count). The molecule has 1 aliphatic rings. The summed E-state index contributed by atoms with van der Waals surface area (Å²) in [4.78, 5) is 0. The van der Waals surface area contributed by atoms with Gasteiger partial charge in [0.25, 0.3) is 0 Å². The summed E-state index contributed by atoms with van der Waals surface area (Å²) in [5.41, 5.74) is 0. The van der Waals surface area contributed by atoms with Crippen LogP contribution in [0.4, 0.5) is 0 Å². The highest BCUT2D eigenvalue weighted by atomic mass is 16.5. The molecule has 0 aliphatic carbocycles. The van der Waals surface area contributed by atoms with Crippen LogP contribution in [0, 0.1) is 6.42 Å². The SMILES string of the molecule is CC[CH]C1CCCO1. The Kier molecular flexibility index (Phi) is 2.34. The molecule has 1 aliphatic heterocycles. The molecule has 1 saturated heterocycles. The Morgan fingerprint density at radius 2 is 2.62 bits per heavy atom. The lowest BCUT2D eigenvalue weighted by atomic mass is 10.1. The van der Waals surface area contributed by atoms with Crippen LogP contribution < -0.4 is 0 Å². The van der Waals surface area contributed by atoms with Gasteiger partial charge >= 0.3 is 0 Å². The molecule has 8 heavy (non-hydrogen) atoms. The highest BCUT2D eigenvalue weighted by Crippen LogP contribution is 2.15. The van der Waals surface area contributed by atoms with Gasteiger partial charge in [-0.2, -0.15) is 0 Å². The maximum Gasteiger partial charge on any atom is 0.0607 e. The number of rotatable bonds is 2. The molecular weight excluding hydrogens is 100 g/mol. The Morgan fingerprint density at radius 1 is 1.75 bits per heavy atom. The van der Waals surface area contributed by atoms with Crippen molar-refractivity contribution in [1.82, 2.24) is 0 Å². The fourth-order valence-corrected chi connectivity index (χ4v) is 1.05. The largest absolute Gasteiger partial charge is 0.378 e. The molecule has 1 radical (unpaired) electrons. The first kappa shape index (κ1) is 6.09. The van der Waals surface area contributed by atoms with Crippen LogP contribution in [0.2, 0.25) is 0 Å². The van der Waals surface area contributed by atoms with E-state index in [1.807, 2.05) is 0 Å². The molecule has 1 unspecified atom stereocenters. The van der Waals surface area contributed by atoms with Gasteiger partial charge in [-0.15, -0.1) is 0 Å². The van der Waals surface area contributed by atoms with Crippen LogP contribution in [-0.4, -0.2) is 12.7 Å². The van der Waals surface area contributed by atoms with Gasteiger partial charge in [-0.3, -0.25) is 0 Å². The summed E-state index contributed by atoms with van der Waals surface area (Å²) >= 11 is 0. The monoisotopic (exact) mass is 113 g/mol. The maximum atomic E-state index is 5.34. The zero-order valence-corrected chi connectivity index (χ0v) is 5.39. The topological polar surface area (TPSA) is 9.23 Å². The smallest absolute Gasteiger partial charge is 0.0607 e. The molecule has 0 saturated carbocycles. The summed E-state index contributed by atoms with van der Waals surface area (Å²) in [6, 6.07) is 0. The van der Waals surface area contributed by atoms with Crippen molar-refractivity contribution in [2.24, 2.45) is 0 Å². The van der Waals surface area contributed by atoms with Gasteiger partial charge in [-0.1, -0.05) is 13.3 Å². The molecule has 0 aromatic heterocycles. The molecule has 0 spiro atoms. The summed E-state index contributed by atoms with van der Waals surface area (Å²) in [5, 5.41) is 0. The van der Waals surface area contributed by atoms with Crippen LogP contribution in [0.3, 0.4) is 0 Å². The second-order valence-corrected chi connectivity index (χ2v) is 2.20. The van der Waals surface area contributed by atoms with Gasteiger partial charge in [-0.05, 0) is 19.3 Å². The molecule has 1 atom stereocenters. The maximum absolute atomic E-state index is 5.34. The number of hydrogen-bond acceptors (Lipinski definition) is 1. The second-order valence-electron chi connectivity index (χ2n) is 2.20. The van der Waals surface area contributed by atoms with Crippen molar-refractivity contribution in [2.45, 2.75) is 32.3 Å². The van der Waals surface area contributed by atoms with Gasteiger partial charge in [0.05, 0.1) is 6.10 Å². The average Bonchev–Trinajstić information content (AvgIpc) is 2.19. The molecule has 1 heterocycles. The lowest BCUT2D eigenvalue weighted by molar-refractivity contribution is 0.132. The van der Waals surface area contributed by atoms with Crippen LogP contribution >= 0.6 is 0 Å². The van der Waals surface area contributed by atoms with E-state index in [1.165, 1.54) is 12.8 Å². The molecular formula is C7H13O. The first-order chi connectivity index (χ1) is 3.93. The van der Waals surface area contributed by atoms with Crippen molar-refractivity contribution in [3.8, 4) is 0 Å². The Morgan fingerprint density at radius 3 is 3.12 bits per heavy atom. The summed E-state index contributed by atoms with van der Waals surface area (Å²) < 4.78 is 5.34. The van der Waals surface area contributed by atoms with Crippen LogP contribution in [0.5, 0.6) is 0 Å². The minimum atomic E-state index is 0.486. The lowest BCUT2D eigenvalue weighted by Crippen LogP contribution is -2.03. The van der Waals surface area contributed by atoms with E-state index in [0.717, 1.165) is 13.0 Å². The molecule has 1 heteroatoms. The van der Waals surface area contributed by atoms with E-state index in [0.29, 0.717) is 6.10 Å². The van der Waals surface area contributed by atoms with Crippen molar-refractivity contribution >= 4 is 0 Å². The standard InChI is InChI=1S/C7H13O/c1-2-4-7-5-3-6-8-7/h4,7H,2-3,5-6H2,1H3. The predicted octanol–water partition coefficient (Wildman–Crippen LogP) is 1.78. The van der Waals surface area contributed by atoms with Crippen molar-refractivity contribution in [3.05, 3.63) is 6.42 Å².